The summed E-state index contributed by atoms with van der Waals surface area (Å²) in [5.74, 6) is 0.817. The first kappa shape index (κ1) is 12.6. The predicted octanol–water partition coefficient (Wildman–Crippen LogP) is 2.57. The Bertz CT molecular complexity index is 448. The average molecular weight is 247 g/mol. The minimum Gasteiger partial charge on any atom is -0.489 e. The molecule has 1 heterocycles. The first-order valence-electron chi connectivity index (χ1n) is 6.02. The normalized spacial score (nSPS) is 12.3. The minimum absolute atomic E-state index is 0.255. The number of benzene rings is 1. The van der Waals surface area contributed by atoms with Crippen molar-refractivity contribution in [2.45, 2.75) is 32.5 Å². The molecule has 18 heavy (non-hydrogen) atoms. The summed E-state index contributed by atoms with van der Waals surface area (Å²) in [7, 11) is 0. The molecule has 0 amide bonds. The predicted molar refractivity (Wildman–Crippen MR) is 67.3 cm³/mol. The second-order valence-electron chi connectivity index (χ2n) is 4.35. The fourth-order valence-corrected chi connectivity index (χ4v) is 1.59. The fraction of sp³-hybridized carbons (Fsp3) is 0.357. The Morgan fingerprint density at radius 3 is 2.67 bits per heavy atom. The lowest BCUT2D eigenvalue weighted by molar-refractivity contribution is 0.185. The van der Waals surface area contributed by atoms with Gasteiger partial charge in [-0.1, -0.05) is 17.3 Å². The van der Waals surface area contributed by atoms with E-state index in [9.17, 15) is 5.11 Å². The van der Waals surface area contributed by atoms with Crippen molar-refractivity contribution in [3.8, 4) is 5.75 Å². The smallest absolute Gasteiger partial charge is 0.130 e. The van der Waals surface area contributed by atoms with Crippen LogP contribution in [0.25, 0.3) is 0 Å². The topological polar surface area (TPSA) is 55.5 Å². The molecule has 4 heteroatoms. The SMILES string of the molecule is CC(O)CCc1ccc(OCc2cnoc2)cc1. The first-order valence-corrected chi connectivity index (χ1v) is 6.02. The maximum atomic E-state index is 9.22. The van der Waals surface area contributed by atoms with E-state index in [-0.39, 0.29) is 6.10 Å². The van der Waals surface area contributed by atoms with Gasteiger partial charge in [-0.25, -0.2) is 0 Å². The Morgan fingerprint density at radius 2 is 2.06 bits per heavy atom. The van der Waals surface area contributed by atoms with Gasteiger partial charge in [0.25, 0.3) is 0 Å². The van der Waals surface area contributed by atoms with Crippen LogP contribution in [0.4, 0.5) is 0 Å². The van der Waals surface area contributed by atoms with E-state index >= 15 is 0 Å². The Kier molecular flexibility index (Phi) is 4.36. The summed E-state index contributed by atoms with van der Waals surface area (Å²) in [6.07, 6.45) is 4.60. The molecular weight excluding hydrogens is 230 g/mol. The van der Waals surface area contributed by atoms with Crippen LogP contribution in [0.2, 0.25) is 0 Å². The van der Waals surface area contributed by atoms with Crippen molar-refractivity contribution in [3.63, 3.8) is 0 Å². The second-order valence-corrected chi connectivity index (χ2v) is 4.35. The summed E-state index contributed by atoms with van der Waals surface area (Å²) >= 11 is 0. The number of aryl methyl sites for hydroxylation is 1. The third-order valence-corrected chi connectivity index (χ3v) is 2.66. The van der Waals surface area contributed by atoms with E-state index in [2.05, 4.69) is 5.16 Å². The van der Waals surface area contributed by atoms with Gasteiger partial charge in [0.05, 0.1) is 12.3 Å². The van der Waals surface area contributed by atoms with E-state index in [0.29, 0.717) is 6.61 Å². The zero-order chi connectivity index (χ0) is 12.8. The molecule has 0 fully saturated rings. The Labute approximate surface area is 106 Å². The molecule has 1 unspecified atom stereocenters. The van der Waals surface area contributed by atoms with Crippen LogP contribution >= 0.6 is 0 Å². The molecule has 4 nitrogen and oxygen atoms in total. The molecule has 0 aliphatic heterocycles. The lowest BCUT2D eigenvalue weighted by Gasteiger charge is -2.07. The highest BCUT2D eigenvalue weighted by Gasteiger charge is 2.00. The van der Waals surface area contributed by atoms with Gasteiger partial charge in [-0.2, -0.15) is 0 Å². The molecule has 2 aromatic rings. The van der Waals surface area contributed by atoms with Crippen molar-refractivity contribution >= 4 is 0 Å². The van der Waals surface area contributed by atoms with E-state index < -0.39 is 0 Å². The summed E-state index contributed by atoms with van der Waals surface area (Å²) in [4.78, 5) is 0. The second kappa shape index (κ2) is 6.21. The molecule has 2 rings (SSSR count). The molecule has 1 aromatic carbocycles. The van der Waals surface area contributed by atoms with Gasteiger partial charge in [-0.05, 0) is 37.5 Å². The molecule has 0 bridgehead atoms. The number of aromatic nitrogens is 1. The first-order chi connectivity index (χ1) is 8.74. The van der Waals surface area contributed by atoms with Crippen molar-refractivity contribution in [2.75, 3.05) is 0 Å². The van der Waals surface area contributed by atoms with Crippen LogP contribution in [0.3, 0.4) is 0 Å². The highest BCUT2D eigenvalue weighted by Crippen LogP contribution is 2.15. The monoisotopic (exact) mass is 247 g/mol. The summed E-state index contributed by atoms with van der Waals surface area (Å²) in [5.41, 5.74) is 2.11. The van der Waals surface area contributed by atoms with Gasteiger partial charge >= 0.3 is 0 Å². The van der Waals surface area contributed by atoms with Crippen LogP contribution in [-0.4, -0.2) is 16.4 Å². The van der Waals surface area contributed by atoms with Crippen LogP contribution in [-0.2, 0) is 13.0 Å². The van der Waals surface area contributed by atoms with Crippen LogP contribution in [0.15, 0.2) is 41.2 Å². The maximum absolute atomic E-state index is 9.22. The Hall–Kier alpha value is -1.81. The third kappa shape index (κ3) is 3.89. The van der Waals surface area contributed by atoms with Gasteiger partial charge in [-0.3, -0.25) is 0 Å². The van der Waals surface area contributed by atoms with E-state index in [0.717, 1.165) is 24.2 Å². The molecule has 0 spiro atoms. The molecule has 0 aliphatic carbocycles. The summed E-state index contributed by atoms with van der Waals surface area (Å²) in [6, 6.07) is 7.91. The number of aliphatic hydroxyl groups is 1. The molecule has 1 atom stereocenters. The zero-order valence-electron chi connectivity index (χ0n) is 10.4. The van der Waals surface area contributed by atoms with Gasteiger partial charge in [0, 0.05) is 5.56 Å². The quantitative estimate of drug-likeness (QED) is 0.852. The molecule has 1 aromatic heterocycles. The standard InChI is InChI=1S/C14H17NO3/c1-11(16)2-3-12-4-6-14(7-5-12)17-9-13-8-15-18-10-13/h4-8,10-11,16H,2-3,9H2,1H3. The highest BCUT2D eigenvalue weighted by atomic mass is 16.5. The van der Waals surface area contributed by atoms with Gasteiger partial charge < -0.3 is 14.4 Å². The molecule has 0 saturated heterocycles. The molecule has 0 radical (unpaired) electrons. The van der Waals surface area contributed by atoms with Gasteiger partial charge in [-0.15, -0.1) is 0 Å². The molecule has 1 N–H and O–H groups in total. The number of ether oxygens (including phenoxy) is 1. The maximum Gasteiger partial charge on any atom is 0.130 e. The minimum atomic E-state index is -0.255. The number of hydrogen-bond acceptors (Lipinski definition) is 4. The van der Waals surface area contributed by atoms with Crippen LogP contribution in [0, 0.1) is 0 Å². The van der Waals surface area contributed by atoms with Gasteiger partial charge in [0.15, 0.2) is 0 Å². The molecular formula is C14H17NO3. The van der Waals surface area contributed by atoms with Crippen molar-refractivity contribution in [3.05, 3.63) is 47.9 Å². The number of aliphatic hydroxyl groups excluding tert-OH is 1. The lowest BCUT2D eigenvalue weighted by Crippen LogP contribution is -2.01. The van der Waals surface area contributed by atoms with E-state index in [1.54, 1.807) is 19.4 Å². The third-order valence-electron chi connectivity index (χ3n) is 2.66. The van der Waals surface area contributed by atoms with E-state index in [1.165, 1.54) is 5.56 Å². The fourth-order valence-electron chi connectivity index (χ4n) is 1.59. The summed E-state index contributed by atoms with van der Waals surface area (Å²) in [5, 5.41) is 12.8. The number of rotatable bonds is 6. The van der Waals surface area contributed by atoms with Crippen molar-refractivity contribution < 1.29 is 14.4 Å². The molecule has 0 saturated carbocycles. The average Bonchev–Trinajstić information content (AvgIpc) is 2.88. The number of nitrogens with zero attached hydrogens (tertiary/aromatic N) is 1. The highest BCUT2D eigenvalue weighted by molar-refractivity contribution is 5.27. The molecule has 96 valence electrons. The largest absolute Gasteiger partial charge is 0.489 e. The molecule has 0 aliphatic rings. The van der Waals surface area contributed by atoms with E-state index in [4.69, 9.17) is 9.26 Å². The Balaban J connectivity index is 1.83. The van der Waals surface area contributed by atoms with Crippen LogP contribution in [0.1, 0.15) is 24.5 Å². The van der Waals surface area contributed by atoms with Crippen LogP contribution < -0.4 is 4.74 Å². The summed E-state index contributed by atoms with van der Waals surface area (Å²) < 4.78 is 10.3. The zero-order valence-corrected chi connectivity index (χ0v) is 10.4. The van der Waals surface area contributed by atoms with Crippen molar-refractivity contribution in [1.82, 2.24) is 5.16 Å². The van der Waals surface area contributed by atoms with Crippen LogP contribution in [0.5, 0.6) is 5.75 Å². The summed E-state index contributed by atoms with van der Waals surface area (Å²) in [6.45, 7) is 2.26. The number of hydrogen-bond donors (Lipinski definition) is 1. The lowest BCUT2D eigenvalue weighted by atomic mass is 10.1. The Morgan fingerprint density at radius 1 is 1.28 bits per heavy atom. The van der Waals surface area contributed by atoms with Gasteiger partial charge in [0.2, 0.25) is 0 Å². The van der Waals surface area contributed by atoms with Crippen molar-refractivity contribution in [1.29, 1.82) is 0 Å². The van der Waals surface area contributed by atoms with Gasteiger partial charge in [0.1, 0.15) is 18.6 Å². The van der Waals surface area contributed by atoms with E-state index in [1.807, 2.05) is 24.3 Å². The van der Waals surface area contributed by atoms with Crippen molar-refractivity contribution in [2.24, 2.45) is 0 Å².